The van der Waals surface area contributed by atoms with Crippen LogP contribution in [0.2, 0.25) is 0 Å². The second-order valence-corrected chi connectivity index (χ2v) is 3.91. The summed E-state index contributed by atoms with van der Waals surface area (Å²) in [5.74, 6) is 0. The maximum absolute atomic E-state index is 12.2. The van der Waals surface area contributed by atoms with Gasteiger partial charge in [-0.05, 0) is 24.3 Å². The standard InChI is InChI=1S/C14H11N3O/c18-14-12-8-4-5-9-13(12)15-10-17(14)16-11-6-2-1-3-7-11/h1-10,16H. The molecule has 1 heterocycles. The number of fused-ring (bicyclic) bond motifs is 1. The van der Waals surface area contributed by atoms with Crippen molar-refractivity contribution in [3.63, 3.8) is 0 Å². The Kier molecular flexibility index (Phi) is 2.53. The highest BCUT2D eigenvalue weighted by Crippen LogP contribution is 2.07. The van der Waals surface area contributed by atoms with Gasteiger partial charge >= 0.3 is 0 Å². The SMILES string of the molecule is O=c1c2ccccc2ncn1Nc1ccccc1. The summed E-state index contributed by atoms with van der Waals surface area (Å²) in [5, 5.41) is 0.600. The number of rotatable bonds is 2. The molecule has 0 saturated carbocycles. The number of nitrogens with zero attached hydrogens (tertiary/aromatic N) is 2. The third-order valence-electron chi connectivity index (χ3n) is 2.69. The van der Waals surface area contributed by atoms with Gasteiger partial charge in [0.2, 0.25) is 0 Å². The Hall–Kier alpha value is -2.62. The molecule has 2 aromatic carbocycles. The molecule has 0 amide bonds. The molecule has 3 rings (SSSR count). The highest BCUT2D eigenvalue weighted by Gasteiger charge is 2.02. The van der Waals surface area contributed by atoms with Gasteiger partial charge in [-0.1, -0.05) is 30.3 Å². The average molecular weight is 237 g/mol. The van der Waals surface area contributed by atoms with Gasteiger partial charge in [0.05, 0.1) is 16.6 Å². The van der Waals surface area contributed by atoms with E-state index in [9.17, 15) is 4.79 Å². The van der Waals surface area contributed by atoms with E-state index in [-0.39, 0.29) is 5.56 Å². The van der Waals surface area contributed by atoms with Gasteiger partial charge in [-0.3, -0.25) is 10.2 Å². The second-order valence-electron chi connectivity index (χ2n) is 3.91. The highest BCUT2D eigenvalue weighted by atomic mass is 16.1. The number of benzene rings is 2. The largest absolute Gasteiger partial charge is 0.290 e. The Morgan fingerprint density at radius 1 is 0.944 bits per heavy atom. The molecule has 4 heteroatoms. The van der Waals surface area contributed by atoms with Crippen LogP contribution in [0.3, 0.4) is 0 Å². The first-order chi connectivity index (χ1) is 8.84. The van der Waals surface area contributed by atoms with E-state index >= 15 is 0 Å². The summed E-state index contributed by atoms with van der Waals surface area (Å²) in [6.07, 6.45) is 1.50. The predicted octanol–water partition coefficient (Wildman–Crippen LogP) is 2.27. The number of anilines is 1. The van der Waals surface area contributed by atoms with E-state index in [2.05, 4.69) is 10.4 Å². The van der Waals surface area contributed by atoms with Gasteiger partial charge in [0.1, 0.15) is 6.33 Å². The fraction of sp³-hybridized carbons (Fsp3) is 0. The molecule has 0 unspecified atom stereocenters. The fourth-order valence-electron chi connectivity index (χ4n) is 1.80. The molecular weight excluding hydrogens is 226 g/mol. The van der Waals surface area contributed by atoms with Gasteiger partial charge in [-0.15, -0.1) is 0 Å². The molecular formula is C14H11N3O. The van der Waals surface area contributed by atoms with Crippen LogP contribution >= 0.6 is 0 Å². The zero-order chi connectivity index (χ0) is 12.4. The van der Waals surface area contributed by atoms with E-state index in [4.69, 9.17) is 0 Å². The van der Waals surface area contributed by atoms with Crippen LogP contribution < -0.4 is 11.0 Å². The molecule has 1 N–H and O–H groups in total. The van der Waals surface area contributed by atoms with Crippen molar-refractivity contribution in [3.05, 3.63) is 71.3 Å². The Balaban J connectivity index is 2.08. The molecule has 0 aliphatic carbocycles. The van der Waals surface area contributed by atoms with Crippen LogP contribution in [-0.4, -0.2) is 9.66 Å². The van der Waals surface area contributed by atoms with Crippen molar-refractivity contribution in [2.75, 3.05) is 5.43 Å². The zero-order valence-electron chi connectivity index (χ0n) is 9.58. The molecule has 3 aromatic rings. The topological polar surface area (TPSA) is 46.9 Å². The van der Waals surface area contributed by atoms with Crippen molar-refractivity contribution in [2.24, 2.45) is 0 Å². The lowest BCUT2D eigenvalue weighted by molar-refractivity contribution is 0.880. The van der Waals surface area contributed by atoms with Gasteiger partial charge in [-0.2, -0.15) is 0 Å². The first kappa shape index (κ1) is 10.5. The van der Waals surface area contributed by atoms with Crippen LogP contribution in [-0.2, 0) is 0 Å². The summed E-state index contributed by atoms with van der Waals surface area (Å²) < 4.78 is 1.39. The van der Waals surface area contributed by atoms with E-state index in [1.807, 2.05) is 48.5 Å². The van der Waals surface area contributed by atoms with Crippen molar-refractivity contribution in [2.45, 2.75) is 0 Å². The lowest BCUT2D eigenvalue weighted by atomic mass is 10.2. The third-order valence-corrected chi connectivity index (χ3v) is 2.69. The monoisotopic (exact) mass is 237 g/mol. The molecule has 0 fully saturated rings. The minimum absolute atomic E-state index is 0.107. The van der Waals surface area contributed by atoms with Crippen molar-refractivity contribution in [1.29, 1.82) is 0 Å². The maximum Gasteiger partial charge on any atom is 0.280 e. The van der Waals surface area contributed by atoms with Crippen molar-refractivity contribution < 1.29 is 0 Å². The second kappa shape index (κ2) is 4.33. The van der Waals surface area contributed by atoms with Crippen molar-refractivity contribution >= 4 is 16.6 Å². The van der Waals surface area contributed by atoms with Crippen LogP contribution in [0.4, 0.5) is 5.69 Å². The molecule has 0 bridgehead atoms. The molecule has 0 aliphatic rings. The first-order valence-electron chi connectivity index (χ1n) is 5.63. The minimum atomic E-state index is -0.107. The zero-order valence-corrected chi connectivity index (χ0v) is 9.58. The molecule has 0 atom stereocenters. The summed E-state index contributed by atoms with van der Waals surface area (Å²) in [7, 11) is 0. The smallest absolute Gasteiger partial charge is 0.280 e. The fourth-order valence-corrected chi connectivity index (χ4v) is 1.80. The van der Waals surface area contributed by atoms with Crippen LogP contribution in [0, 0.1) is 0 Å². The van der Waals surface area contributed by atoms with Gasteiger partial charge in [0.15, 0.2) is 0 Å². The summed E-state index contributed by atoms with van der Waals surface area (Å²) in [4.78, 5) is 16.4. The molecule has 4 nitrogen and oxygen atoms in total. The van der Waals surface area contributed by atoms with E-state index in [1.165, 1.54) is 11.0 Å². The summed E-state index contributed by atoms with van der Waals surface area (Å²) in [6, 6.07) is 16.8. The summed E-state index contributed by atoms with van der Waals surface area (Å²) in [6.45, 7) is 0. The van der Waals surface area contributed by atoms with E-state index < -0.39 is 0 Å². The Morgan fingerprint density at radius 2 is 1.67 bits per heavy atom. The van der Waals surface area contributed by atoms with Gasteiger partial charge in [-0.25, -0.2) is 9.66 Å². The van der Waals surface area contributed by atoms with Crippen LogP contribution in [0.15, 0.2) is 65.7 Å². The summed E-state index contributed by atoms with van der Waals surface area (Å²) in [5.41, 5.74) is 4.45. The van der Waals surface area contributed by atoms with Crippen LogP contribution in [0.5, 0.6) is 0 Å². The molecule has 1 aromatic heterocycles. The Bertz CT molecular complexity index is 735. The third kappa shape index (κ3) is 1.84. The summed E-state index contributed by atoms with van der Waals surface area (Å²) >= 11 is 0. The number of nitrogens with one attached hydrogen (secondary N) is 1. The average Bonchev–Trinajstić information content (AvgIpc) is 2.43. The van der Waals surface area contributed by atoms with E-state index in [0.717, 1.165) is 5.69 Å². The predicted molar refractivity (Wildman–Crippen MR) is 71.5 cm³/mol. The molecule has 88 valence electrons. The van der Waals surface area contributed by atoms with Crippen molar-refractivity contribution in [3.8, 4) is 0 Å². The number of hydrogen-bond acceptors (Lipinski definition) is 3. The quantitative estimate of drug-likeness (QED) is 0.743. The molecule has 0 radical (unpaired) electrons. The number of para-hydroxylation sites is 2. The molecule has 0 spiro atoms. The van der Waals surface area contributed by atoms with Gasteiger partial charge < -0.3 is 0 Å². The lowest BCUT2D eigenvalue weighted by Crippen LogP contribution is -2.26. The first-order valence-corrected chi connectivity index (χ1v) is 5.63. The minimum Gasteiger partial charge on any atom is -0.290 e. The van der Waals surface area contributed by atoms with E-state index in [1.54, 1.807) is 6.07 Å². The molecule has 0 saturated heterocycles. The van der Waals surface area contributed by atoms with Gasteiger partial charge in [0.25, 0.3) is 5.56 Å². The lowest BCUT2D eigenvalue weighted by Gasteiger charge is -2.09. The highest BCUT2D eigenvalue weighted by molar-refractivity contribution is 5.77. The van der Waals surface area contributed by atoms with Gasteiger partial charge in [0, 0.05) is 0 Å². The van der Waals surface area contributed by atoms with Crippen LogP contribution in [0.1, 0.15) is 0 Å². The molecule has 18 heavy (non-hydrogen) atoms. The normalized spacial score (nSPS) is 10.4. The number of aromatic nitrogens is 2. The van der Waals surface area contributed by atoms with Crippen molar-refractivity contribution in [1.82, 2.24) is 9.66 Å². The Labute approximate surface area is 104 Å². The Morgan fingerprint density at radius 3 is 2.50 bits per heavy atom. The number of hydrogen-bond donors (Lipinski definition) is 1. The maximum atomic E-state index is 12.2. The van der Waals surface area contributed by atoms with Crippen LogP contribution in [0.25, 0.3) is 10.9 Å². The molecule has 0 aliphatic heterocycles. The van der Waals surface area contributed by atoms with E-state index in [0.29, 0.717) is 10.9 Å².